The van der Waals surface area contributed by atoms with Crippen LogP contribution >= 0.6 is 11.6 Å². The highest BCUT2D eigenvalue weighted by atomic mass is 35.5. The zero-order valence-corrected chi connectivity index (χ0v) is 21.2. The normalized spacial score (nSPS) is 15.2. The molecule has 0 aliphatic carbocycles. The molecule has 2 heterocycles. The van der Waals surface area contributed by atoms with Crippen molar-refractivity contribution < 1.29 is 33.4 Å². The van der Waals surface area contributed by atoms with Gasteiger partial charge in [-0.05, 0) is 36.4 Å². The molecule has 10 nitrogen and oxygen atoms in total. The first-order valence-corrected chi connectivity index (χ1v) is 12.0. The zero-order valence-electron chi connectivity index (χ0n) is 20.5. The van der Waals surface area contributed by atoms with E-state index in [1.54, 1.807) is 66.9 Å². The molecule has 0 saturated heterocycles. The summed E-state index contributed by atoms with van der Waals surface area (Å²) in [4.78, 5) is 55.4. The van der Waals surface area contributed by atoms with Crippen LogP contribution in [0.25, 0.3) is 0 Å². The Labute approximate surface area is 223 Å². The Morgan fingerprint density at radius 1 is 0.974 bits per heavy atom. The summed E-state index contributed by atoms with van der Waals surface area (Å²) in [5, 5.41) is 6.06. The zero-order chi connectivity index (χ0) is 27.2. The summed E-state index contributed by atoms with van der Waals surface area (Å²) in [5.74, 6) is -2.51. The fourth-order valence-electron chi connectivity index (χ4n) is 3.92. The van der Waals surface area contributed by atoms with E-state index in [2.05, 4.69) is 15.6 Å². The number of pyridine rings is 1. The van der Waals surface area contributed by atoms with Crippen molar-refractivity contribution in [3.63, 3.8) is 0 Å². The van der Waals surface area contributed by atoms with Gasteiger partial charge in [0.25, 0.3) is 5.91 Å². The molecule has 38 heavy (non-hydrogen) atoms. The highest BCUT2D eigenvalue weighted by Crippen LogP contribution is 2.42. The van der Waals surface area contributed by atoms with Crippen LogP contribution in [0.4, 0.5) is 5.69 Å². The molecule has 2 aromatic carbocycles. The van der Waals surface area contributed by atoms with Gasteiger partial charge in [0.15, 0.2) is 5.75 Å². The first-order chi connectivity index (χ1) is 18.2. The molecular weight excluding hydrogens is 514 g/mol. The second kappa shape index (κ2) is 11.7. The molecule has 0 saturated carbocycles. The molecule has 3 atom stereocenters. The van der Waals surface area contributed by atoms with E-state index in [1.165, 1.54) is 0 Å². The quantitative estimate of drug-likeness (QED) is 0.412. The van der Waals surface area contributed by atoms with Crippen LogP contribution in [-0.4, -0.2) is 40.8 Å². The van der Waals surface area contributed by atoms with Crippen LogP contribution in [0.3, 0.4) is 0 Å². The van der Waals surface area contributed by atoms with E-state index >= 15 is 0 Å². The number of nitrogens with one attached hydrogen (secondary N) is 2. The smallest absolute Gasteiger partial charge is 0.303 e. The van der Waals surface area contributed by atoms with Crippen LogP contribution in [0.1, 0.15) is 31.1 Å². The summed E-state index contributed by atoms with van der Waals surface area (Å²) in [6, 6.07) is 15.6. The van der Waals surface area contributed by atoms with Gasteiger partial charge < -0.3 is 24.8 Å². The molecule has 3 aromatic rings. The second-order valence-corrected chi connectivity index (χ2v) is 8.80. The topological polar surface area (TPSA) is 133 Å². The summed E-state index contributed by atoms with van der Waals surface area (Å²) in [6.07, 6.45) is -2.01. The fraction of sp³-hybridized carbons (Fsp3) is 0.222. The maximum atomic E-state index is 14.0. The number of ketones is 1. The van der Waals surface area contributed by atoms with Gasteiger partial charge in [-0.3, -0.25) is 24.2 Å². The minimum Gasteiger partial charge on any atom is -0.455 e. The van der Waals surface area contributed by atoms with Crippen molar-refractivity contribution in [2.45, 2.75) is 38.6 Å². The number of amides is 1. The van der Waals surface area contributed by atoms with Crippen molar-refractivity contribution in [2.24, 2.45) is 0 Å². The predicted molar refractivity (Wildman–Crippen MR) is 137 cm³/mol. The van der Waals surface area contributed by atoms with E-state index in [4.69, 9.17) is 25.8 Å². The molecule has 0 radical (unpaired) electrons. The molecule has 1 unspecified atom stereocenters. The summed E-state index contributed by atoms with van der Waals surface area (Å²) in [5.41, 5.74) is 1.34. The van der Waals surface area contributed by atoms with Crippen LogP contribution in [0, 0.1) is 0 Å². The van der Waals surface area contributed by atoms with Crippen molar-refractivity contribution in [1.82, 2.24) is 10.3 Å². The van der Waals surface area contributed by atoms with Gasteiger partial charge in [-0.2, -0.15) is 0 Å². The minimum absolute atomic E-state index is 0.0113. The lowest BCUT2D eigenvalue weighted by Gasteiger charge is -2.28. The number of carbonyl (C=O) groups is 4. The van der Waals surface area contributed by atoms with Crippen molar-refractivity contribution >= 4 is 40.9 Å². The van der Waals surface area contributed by atoms with Gasteiger partial charge in [0.05, 0.1) is 17.9 Å². The Morgan fingerprint density at radius 3 is 2.39 bits per heavy atom. The number of benzene rings is 2. The molecule has 0 bridgehead atoms. The molecular formula is C27H24ClN3O7. The second-order valence-electron chi connectivity index (χ2n) is 8.36. The lowest BCUT2D eigenvalue weighted by molar-refractivity contribution is -0.174. The molecule has 1 aliphatic heterocycles. The van der Waals surface area contributed by atoms with Gasteiger partial charge in [-0.15, -0.1) is 0 Å². The van der Waals surface area contributed by atoms with Gasteiger partial charge in [0.1, 0.15) is 11.8 Å². The molecule has 1 amide bonds. The van der Waals surface area contributed by atoms with Gasteiger partial charge in [-0.1, -0.05) is 35.9 Å². The number of halogens is 1. The van der Waals surface area contributed by atoms with Crippen LogP contribution in [0.5, 0.6) is 11.5 Å². The Balaban J connectivity index is 1.70. The average molecular weight is 538 g/mol. The third kappa shape index (κ3) is 6.27. The Bertz CT molecular complexity index is 1370. The summed E-state index contributed by atoms with van der Waals surface area (Å²) >= 11 is 6.17. The molecule has 11 heteroatoms. The van der Waals surface area contributed by atoms with Crippen LogP contribution < -0.4 is 15.4 Å². The van der Waals surface area contributed by atoms with E-state index < -0.39 is 41.9 Å². The monoisotopic (exact) mass is 537 g/mol. The van der Waals surface area contributed by atoms with Crippen molar-refractivity contribution in [3.8, 4) is 11.5 Å². The van der Waals surface area contributed by atoms with Crippen molar-refractivity contribution in [3.05, 3.63) is 83.1 Å². The number of ether oxygens (including phenoxy) is 3. The number of hydrogen-bond donors (Lipinski definition) is 2. The van der Waals surface area contributed by atoms with E-state index in [-0.39, 0.29) is 6.54 Å². The van der Waals surface area contributed by atoms with Gasteiger partial charge in [0.2, 0.25) is 18.0 Å². The largest absolute Gasteiger partial charge is 0.455 e. The summed E-state index contributed by atoms with van der Waals surface area (Å²) in [7, 11) is 0. The SMILES string of the molecule is CC(=O)O[C@H](C(=O)NCc1ccccn1)[C@H](OC(C)=O)C(=O)C1Nc2cc(Cl)ccc2Oc2ccccc21. The molecule has 196 valence electrons. The Morgan fingerprint density at radius 2 is 1.68 bits per heavy atom. The minimum atomic E-state index is -1.79. The van der Waals surface area contributed by atoms with E-state index in [0.717, 1.165) is 13.8 Å². The number of Topliss-reactive ketones (excluding diaryl/α,β-unsaturated/α-hetero) is 1. The van der Waals surface area contributed by atoms with Crippen LogP contribution in [0.2, 0.25) is 5.02 Å². The van der Waals surface area contributed by atoms with Crippen molar-refractivity contribution in [1.29, 1.82) is 0 Å². The first kappa shape index (κ1) is 26.6. The van der Waals surface area contributed by atoms with Gasteiger partial charge >= 0.3 is 11.9 Å². The Hall–Kier alpha value is -4.44. The average Bonchev–Trinajstić information content (AvgIpc) is 3.05. The number of rotatable bonds is 8. The molecule has 1 aliphatic rings. The van der Waals surface area contributed by atoms with E-state index in [1.807, 2.05) is 0 Å². The predicted octanol–water partition coefficient (Wildman–Crippen LogP) is 3.74. The third-order valence-electron chi connectivity index (χ3n) is 5.55. The van der Waals surface area contributed by atoms with Crippen molar-refractivity contribution in [2.75, 3.05) is 5.32 Å². The van der Waals surface area contributed by atoms with E-state index in [9.17, 15) is 19.2 Å². The standard InChI is InChI=1S/C27H24ClN3O7/c1-15(32)36-25(26(37-16(2)33)27(35)30-14-18-7-5-6-12-29-18)24(34)23-19-8-3-4-9-21(19)38-22-11-10-17(28)13-20(22)31-23/h3-13,23,25-26,31H,14H2,1-2H3,(H,30,35)/t23?,25-,26+/m1/s1. The number of carbonyl (C=O) groups excluding carboxylic acids is 4. The molecule has 4 rings (SSSR count). The highest BCUT2D eigenvalue weighted by Gasteiger charge is 2.44. The first-order valence-electron chi connectivity index (χ1n) is 11.6. The van der Waals surface area contributed by atoms with Gasteiger partial charge in [-0.25, -0.2) is 0 Å². The number of aromatic nitrogens is 1. The number of para-hydroxylation sites is 1. The number of fused-ring (bicyclic) bond motifs is 2. The lowest BCUT2D eigenvalue weighted by atomic mass is 9.95. The molecule has 0 fully saturated rings. The maximum absolute atomic E-state index is 14.0. The summed E-state index contributed by atoms with van der Waals surface area (Å²) in [6.45, 7) is 2.16. The number of nitrogens with zero attached hydrogens (tertiary/aromatic N) is 1. The number of esters is 2. The maximum Gasteiger partial charge on any atom is 0.303 e. The molecule has 0 spiro atoms. The molecule has 1 aromatic heterocycles. The molecule has 2 N–H and O–H groups in total. The highest BCUT2D eigenvalue weighted by molar-refractivity contribution is 6.31. The summed E-state index contributed by atoms with van der Waals surface area (Å²) < 4.78 is 16.6. The number of anilines is 1. The lowest BCUT2D eigenvalue weighted by Crippen LogP contribution is -2.51. The van der Waals surface area contributed by atoms with Crippen LogP contribution in [-0.2, 0) is 35.2 Å². The van der Waals surface area contributed by atoms with Gasteiger partial charge in [0, 0.05) is 30.6 Å². The number of hydrogen-bond acceptors (Lipinski definition) is 9. The Kier molecular flexibility index (Phi) is 8.22. The third-order valence-corrected chi connectivity index (χ3v) is 5.78. The van der Waals surface area contributed by atoms with E-state index in [0.29, 0.717) is 33.5 Å². The van der Waals surface area contributed by atoms with Crippen LogP contribution in [0.15, 0.2) is 66.9 Å². The fourth-order valence-corrected chi connectivity index (χ4v) is 4.09.